The molecular weight excluding hydrogens is 680 g/mol. The lowest BCUT2D eigenvalue weighted by molar-refractivity contribution is -0.137. The second-order valence-electron chi connectivity index (χ2n) is 13.2. The first-order chi connectivity index (χ1) is 24.2. The molecule has 2 unspecified atom stereocenters. The zero-order valence-corrected chi connectivity index (χ0v) is 31.6. The fourth-order valence-corrected chi connectivity index (χ4v) is 6.51. The monoisotopic (exact) mass is 730 g/mol. The standard InChI is InChI=1S/C34H50N8O8S/c1-17(2)27(39-33(45)47-9)31(43)41(7)19(5)29-35-13-21(37-29)23-15-50-24(16-49-23)26-12-11-25(51-26)22-14-36-30(38-22)20(6)42(8)32(44)28(18(3)4)40-34(46)48-10/h11-14,17-20,23-24,27-28H,15-16H2,1-10H3,(H,35,37)(H,36,38)(H,39,45)(H,40,46)/t19-,20-,23?,24?,27-,28-/m1/s1. The second-order valence-corrected chi connectivity index (χ2v) is 14.3. The molecule has 3 aromatic rings. The molecule has 6 atom stereocenters. The van der Waals surface area contributed by atoms with Crippen LogP contribution in [0, 0.1) is 11.8 Å². The molecule has 4 amide bonds. The summed E-state index contributed by atoms with van der Waals surface area (Å²) >= 11 is 1.56. The summed E-state index contributed by atoms with van der Waals surface area (Å²) in [5.74, 6) is 0.389. The number of thiophene rings is 1. The van der Waals surface area contributed by atoms with Crippen molar-refractivity contribution in [1.29, 1.82) is 0 Å². The summed E-state index contributed by atoms with van der Waals surface area (Å²) in [6.07, 6.45) is 1.47. The molecule has 1 fully saturated rings. The topological polar surface area (TPSA) is 193 Å². The number of aromatic amines is 2. The predicted molar refractivity (Wildman–Crippen MR) is 189 cm³/mol. The quantitative estimate of drug-likeness (QED) is 0.195. The molecule has 17 heteroatoms. The number of imidazole rings is 2. The van der Waals surface area contributed by atoms with Crippen LogP contribution in [-0.2, 0) is 28.5 Å². The summed E-state index contributed by atoms with van der Waals surface area (Å²) in [7, 11) is 5.87. The highest BCUT2D eigenvalue weighted by atomic mass is 32.1. The molecule has 0 aromatic carbocycles. The SMILES string of the molecule is COC(=O)N[C@@H](C(=O)N(C)[C@H](C)c1ncc(-c2ccc(C3COC(c4cnc([C@@H](C)N(C)C(=O)[C@H](NC(=O)OC)C(C)C)[nH]4)CO3)s2)[nH]1)C(C)C. The number of carbonyl (C=O) groups is 4. The van der Waals surface area contributed by atoms with Crippen molar-refractivity contribution in [3.8, 4) is 10.6 Å². The lowest BCUT2D eigenvalue weighted by Crippen LogP contribution is -2.50. The van der Waals surface area contributed by atoms with Crippen molar-refractivity contribution >= 4 is 35.3 Å². The summed E-state index contributed by atoms with van der Waals surface area (Å²) in [5.41, 5.74) is 1.54. The lowest BCUT2D eigenvalue weighted by Gasteiger charge is -2.30. The van der Waals surface area contributed by atoms with E-state index >= 15 is 0 Å². The Hall–Kier alpha value is -4.48. The molecular formula is C34H50N8O8S. The summed E-state index contributed by atoms with van der Waals surface area (Å²) in [5, 5.41) is 5.23. The normalized spacial score (nSPS) is 18.4. The molecule has 0 spiro atoms. The van der Waals surface area contributed by atoms with Gasteiger partial charge in [0, 0.05) is 19.0 Å². The van der Waals surface area contributed by atoms with Crippen molar-refractivity contribution in [3.05, 3.63) is 46.7 Å². The van der Waals surface area contributed by atoms with Crippen molar-refractivity contribution in [1.82, 2.24) is 40.4 Å². The van der Waals surface area contributed by atoms with Gasteiger partial charge in [0.2, 0.25) is 11.8 Å². The predicted octanol–water partition coefficient (Wildman–Crippen LogP) is 4.49. The number of alkyl carbamates (subject to hydrolysis) is 2. The number of hydrogen-bond donors (Lipinski definition) is 4. The smallest absolute Gasteiger partial charge is 0.407 e. The van der Waals surface area contributed by atoms with Crippen molar-refractivity contribution in [3.63, 3.8) is 0 Å². The van der Waals surface area contributed by atoms with Crippen molar-refractivity contribution in [2.45, 2.75) is 77.9 Å². The number of aromatic nitrogens is 4. The molecule has 51 heavy (non-hydrogen) atoms. The minimum atomic E-state index is -0.749. The molecule has 0 saturated carbocycles. The fraction of sp³-hybridized carbons (Fsp3) is 0.588. The number of H-pyrrole nitrogens is 2. The van der Waals surface area contributed by atoms with Crippen molar-refractivity contribution in [2.75, 3.05) is 41.5 Å². The average molecular weight is 731 g/mol. The molecule has 1 saturated heterocycles. The van der Waals surface area contributed by atoms with Gasteiger partial charge < -0.3 is 49.3 Å². The zero-order valence-electron chi connectivity index (χ0n) is 30.8. The Morgan fingerprint density at radius 1 is 0.784 bits per heavy atom. The maximum atomic E-state index is 13.2. The van der Waals surface area contributed by atoms with E-state index in [4.69, 9.17) is 14.2 Å². The van der Waals surface area contributed by atoms with Crippen LogP contribution in [0.15, 0.2) is 24.5 Å². The van der Waals surface area contributed by atoms with E-state index in [0.717, 1.165) is 21.1 Å². The molecule has 16 nitrogen and oxygen atoms in total. The van der Waals surface area contributed by atoms with E-state index < -0.39 is 30.3 Å². The molecule has 4 heterocycles. The minimum Gasteiger partial charge on any atom is -0.453 e. The first kappa shape index (κ1) is 39.3. The van der Waals surface area contributed by atoms with Gasteiger partial charge in [-0.05, 0) is 37.8 Å². The molecule has 0 bridgehead atoms. The number of ether oxygens (including phenoxy) is 4. The first-order valence-corrected chi connectivity index (χ1v) is 17.6. The van der Waals surface area contributed by atoms with Crippen LogP contribution < -0.4 is 10.6 Å². The number of carbonyl (C=O) groups excluding carboxylic acids is 4. The number of nitrogens with one attached hydrogen (secondary N) is 4. The number of nitrogens with zero attached hydrogens (tertiary/aromatic N) is 4. The van der Waals surface area contributed by atoms with Gasteiger partial charge in [-0.3, -0.25) is 9.59 Å². The van der Waals surface area contributed by atoms with Gasteiger partial charge in [-0.2, -0.15) is 0 Å². The Labute approximate surface area is 302 Å². The van der Waals surface area contributed by atoms with E-state index in [2.05, 4.69) is 35.3 Å². The molecule has 0 radical (unpaired) electrons. The second kappa shape index (κ2) is 17.2. The fourth-order valence-electron chi connectivity index (χ4n) is 5.51. The van der Waals surface area contributed by atoms with Crippen LogP contribution in [0.1, 0.15) is 88.1 Å². The van der Waals surface area contributed by atoms with Crippen LogP contribution >= 0.6 is 11.3 Å². The highest BCUT2D eigenvalue weighted by Crippen LogP contribution is 2.36. The van der Waals surface area contributed by atoms with E-state index in [1.54, 1.807) is 47.6 Å². The third-order valence-electron chi connectivity index (χ3n) is 9.10. The number of likely N-dealkylation sites (N-methyl/N-ethyl adjacent to an activating group) is 2. The third-order valence-corrected chi connectivity index (χ3v) is 10.3. The first-order valence-electron chi connectivity index (χ1n) is 16.8. The Balaban J connectivity index is 1.34. The summed E-state index contributed by atoms with van der Waals surface area (Å²) < 4.78 is 21.8. The number of rotatable bonds is 13. The van der Waals surface area contributed by atoms with Gasteiger partial charge >= 0.3 is 12.2 Å². The molecule has 4 rings (SSSR count). The minimum absolute atomic E-state index is 0.143. The van der Waals surface area contributed by atoms with Crippen LogP contribution in [-0.4, -0.2) is 107 Å². The number of methoxy groups -OCH3 is 2. The highest BCUT2D eigenvalue weighted by Gasteiger charge is 2.33. The van der Waals surface area contributed by atoms with Gasteiger partial charge in [0.25, 0.3) is 0 Å². The summed E-state index contributed by atoms with van der Waals surface area (Å²) in [6, 6.07) is 1.72. The van der Waals surface area contributed by atoms with Gasteiger partial charge in [-0.15, -0.1) is 11.3 Å². The van der Waals surface area contributed by atoms with Crippen LogP contribution in [0.3, 0.4) is 0 Å². The maximum absolute atomic E-state index is 13.2. The van der Waals surface area contributed by atoms with Crippen LogP contribution in [0.4, 0.5) is 9.59 Å². The average Bonchev–Trinajstić information content (AvgIpc) is 3.92. The number of amides is 4. The van der Waals surface area contributed by atoms with E-state index in [9.17, 15) is 19.2 Å². The Morgan fingerprint density at radius 3 is 1.76 bits per heavy atom. The molecule has 1 aliphatic heterocycles. The van der Waals surface area contributed by atoms with Gasteiger partial charge in [-0.25, -0.2) is 19.6 Å². The van der Waals surface area contributed by atoms with E-state index in [-0.39, 0.29) is 41.9 Å². The van der Waals surface area contributed by atoms with Gasteiger partial charge in [0.15, 0.2) is 0 Å². The summed E-state index contributed by atoms with van der Waals surface area (Å²) in [4.78, 5) is 70.8. The van der Waals surface area contributed by atoms with Gasteiger partial charge in [0.1, 0.15) is 35.9 Å². The number of hydrogen-bond acceptors (Lipinski definition) is 11. The lowest BCUT2D eigenvalue weighted by atomic mass is 10.0. The third kappa shape index (κ3) is 9.25. The Bertz CT molecular complexity index is 1650. The van der Waals surface area contributed by atoms with Gasteiger partial charge in [-0.1, -0.05) is 27.7 Å². The maximum Gasteiger partial charge on any atom is 0.407 e. The summed E-state index contributed by atoms with van der Waals surface area (Å²) in [6.45, 7) is 11.8. The highest BCUT2D eigenvalue weighted by molar-refractivity contribution is 7.15. The molecule has 280 valence electrons. The van der Waals surface area contributed by atoms with Crippen LogP contribution in [0.25, 0.3) is 10.6 Å². The van der Waals surface area contributed by atoms with Crippen molar-refractivity contribution < 1.29 is 38.1 Å². The van der Waals surface area contributed by atoms with Crippen LogP contribution in [0.5, 0.6) is 0 Å². The van der Waals surface area contributed by atoms with E-state index in [0.29, 0.717) is 24.9 Å². The Kier molecular flexibility index (Phi) is 13.2. The molecule has 0 aliphatic carbocycles. The molecule has 1 aliphatic rings. The van der Waals surface area contributed by atoms with E-state index in [1.165, 1.54) is 14.2 Å². The largest absolute Gasteiger partial charge is 0.453 e. The zero-order chi connectivity index (χ0) is 37.6. The molecule has 4 N–H and O–H groups in total. The van der Waals surface area contributed by atoms with Gasteiger partial charge in [0.05, 0.1) is 68.2 Å². The van der Waals surface area contributed by atoms with E-state index in [1.807, 2.05) is 53.7 Å². The Morgan fingerprint density at radius 2 is 1.27 bits per heavy atom. The molecule has 3 aromatic heterocycles. The van der Waals surface area contributed by atoms with Crippen LogP contribution in [0.2, 0.25) is 0 Å². The van der Waals surface area contributed by atoms with Crippen molar-refractivity contribution in [2.24, 2.45) is 11.8 Å².